The van der Waals surface area contributed by atoms with E-state index in [-0.39, 0.29) is 44.0 Å². The molecule has 0 spiro atoms. The van der Waals surface area contributed by atoms with Crippen molar-refractivity contribution in [2.75, 3.05) is 20.3 Å². The molecule has 0 aliphatic heterocycles. The second-order valence-corrected chi connectivity index (χ2v) is 7.14. The van der Waals surface area contributed by atoms with E-state index in [1.54, 1.807) is 13.8 Å². The number of hydrogen-bond acceptors (Lipinski definition) is 10. The van der Waals surface area contributed by atoms with Crippen molar-refractivity contribution in [3.8, 4) is 11.5 Å². The molecular weight excluding hydrogens is 423 g/mol. The van der Waals surface area contributed by atoms with Gasteiger partial charge in [0.15, 0.2) is 17.2 Å². The van der Waals surface area contributed by atoms with Gasteiger partial charge in [-0.25, -0.2) is 4.98 Å². The molecule has 29 heavy (non-hydrogen) atoms. The van der Waals surface area contributed by atoms with Crippen molar-refractivity contribution in [3.05, 3.63) is 18.0 Å². The van der Waals surface area contributed by atoms with E-state index in [2.05, 4.69) is 22.5 Å². The SMILES string of the molecule is CCOC(=O)CCC(C)OC(=O)CNC(=O)c1nccc(OC)c1OC(O)PS. The summed E-state index contributed by atoms with van der Waals surface area (Å²) in [6.07, 6.45) is 1.23. The van der Waals surface area contributed by atoms with Gasteiger partial charge < -0.3 is 29.4 Å². The highest BCUT2D eigenvalue weighted by Crippen LogP contribution is 2.33. The zero-order chi connectivity index (χ0) is 21.8. The molecule has 0 saturated heterocycles. The van der Waals surface area contributed by atoms with Gasteiger partial charge in [0.05, 0.1) is 19.8 Å². The first-order chi connectivity index (χ1) is 13.8. The van der Waals surface area contributed by atoms with Crippen LogP contribution in [-0.2, 0) is 19.1 Å². The zero-order valence-electron chi connectivity index (χ0n) is 16.3. The minimum Gasteiger partial charge on any atom is -0.493 e. The molecule has 3 atom stereocenters. The molecule has 0 radical (unpaired) electrons. The average Bonchev–Trinajstić information content (AvgIpc) is 2.70. The monoisotopic (exact) mass is 448 g/mol. The topological polar surface area (TPSA) is 133 Å². The van der Waals surface area contributed by atoms with Gasteiger partial charge in [0.1, 0.15) is 6.54 Å². The quantitative estimate of drug-likeness (QED) is 0.187. The number of nitrogens with zero attached hydrogens (tertiary/aromatic N) is 1. The van der Waals surface area contributed by atoms with Gasteiger partial charge in [-0.1, -0.05) is 0 Å². The maximum Gasteiger partial charge on any atom is 0.325 e. The molecule has 1 rings (SSSR count). The lowest BCUT2D eigenvalue weighted by atomic mass is 10.2. The van der Waals surface area contributed by atoms with Gasteiger partial charge in [-0.05, 0) is 20.3 Å². The number of nitrogens with one attached hydrogen (secondary N) is 1. The van der Waals surface area contributed by atoms with Crippen LogP contribution < -0.4 is 14.8 Å². The van der Waals surface area contributed by atoms with Crippen molar-refractivity contribution in [3.63, 3.8) is 0 Å². The summed E-state index contributed by atoms with van der Waals surface area (Å²) in [5.74, 6) is -1.66. The van der Waals surface area contributed by atoms with Gasteiger partial charge in [-0.3, -0.25) is 14.4 Å². The highest BCUT2D eigenvalue weighted by molar-refractivity contribution is 8.38. The largest absolute Gasteiger partial charge is 0.493 e. The fraction of sp³-hybridized carbons (Fsp3) is 0.529. The Labute approximate surface area is 175 Å². The predicted octanol–water partition coefficient (Wildman–Crippen LogP) is 1.27. The molecule has 2 N–H and O–H groups in total. The summed E-state index contributed by atoms with van der Waals surface area (Å²) in [6, 6.07) is 0.202. The minimum absolute atomic E-state index is 0.0716. The van der Waals surface area contributed by atoms with Crippen molar-refractivity contribution in [1.82, 2.24) is 10.3 Å². The Kier molecular flexibility index (Phi) is 11.3. The Hall–Kier alpha value is -2.10. The molecule has 0 aromatic carbocycles. The van der Waals surface area contributed by atoms with Crippen LogP contribution in [0.1, 0.15) is 37.2 Å². The van der Waals surface area contributed by atoms with Crippen molar-refractivity contribution in [2.24, 2.45) is 0 Å². The zero-order valence-corrected chi connectivity index (χ0v) is 18.2. The average molecular weight is 448 g/mol. The van der Waals surface area contributed by atoms with Crippen LogP contribution in [0.4, 0.5) is 0 Å². The standard InChI is InChI=1S/C17H25N2O8PS/c1-4-25-12(20)6-5-10(2)26-13(21)9-19-16(22)14-15(27-17(23)28-29)11(24-3)7-8-18-14/h7-8,10,17,23,28-29H,4-6,9H2,1-3H3,(H,19,22). The number of methoxy groups -OCH3 is 1. The highest BCUT2D eigenvalue weighted by Gasteiger charge is 2.22. The molecule has 1 heterocycles. The lowest BCUT2D eigenvalue weighted by Gasteiger charge is -2.17. The Morgan fingerprint density at radius 2 is 2.07 bits per heavy atom. The fourth-order valence-corrected chi connectivity index (χ4v) is 2.45. The normalized spacial score (nSPS) is 12.9. The Balaban J connectivity index is 2.63. The number of ether oxygens (including phenoxy) is 4. The molecule has 0 aliphatic rings. The first kappa shape index (κ1) is 24.9. The van der Waals surface area contributed by atoms with Crippen molar-refractivity contribution >= 4 is 37.9 Å². The van der Waals surface area contributed by atoms with Gasteiger partial charge >= 0.3 is 11.9 Å². The van der Waals surface area contributed by atoms with Crippen LogP contribution in [0.3, 0.4) is 0 Å². The molecule has 162 valence electrons. The van der Waals surface area contributed by atoms with Crippen LogP contribution in [-0.4, -0.2) is 60.3 Å². The van der Waals surface area contributed by atoms with E-state index in [0.29, 0.717) is 6.42 Å². The van der Waals surface area contributed by atoms with Crippen LogP contribution in [0.2, 0.25) is 0 Å². The Morgan fingerprint density at radius 1 is 1.34 bits per heavy atom. The summed E-state index contributed by atoms with van der Waals surface area (Å²) >= 11 is 3.94. The minimum atomic E-state index is -1.26. The van der Waals surface area contributed by atoms with Gasteiger partial charge in [-0.15, -0.1) is 12.2 Å². The number of aliphatic hydroxyl groups is 1. The van der Waals surface area contributed by atoms with Crippen molar-refractivity contribution in [2.45, 2.75) is 38.8 Å². The molecule has 1 aromatic rings. The molecule has 12 heteroatoms. The summed E-state index contributed by atoms with van der Waals surface area (Å²) in [5, 5.41) is 12.0. The van der Waals surface area contributed by atoms with Crippen LogP contribution in [0.25, 0.3) is 0 Å². The van der Waals surface area contributed by atoms with E-state index < -0.39 is 30.6 Å². The first-order valence-electron chi connectivity index (χ1n) is 8.72. The van der Waals surface area contributed by atoms with Crippen LogP contribution in [0.5, 0.6) is 11.5 Å². The summed E-state index contributed by atoms with van der Waals surface area (Å²) in [6.45, 7) is 3.21. The molecule has 0 aliphatic carbocycles. The number of aliphatic hydroxyl groups excluding tert-OH is 1. The second kappa shape index (κ2) is 13.2. The Morgan fingerprint density at radius 3 is 2.69 bits per heavy atom. The van der Waals surface area contributed by atoms with Crippen LogP contribution in [0, 0.1) is 0 Å². The third-order valence-electron chi connectivity index (χ3n) is 3.43. The van der Waals surface area contributed by atoms with Crippen molar-refractivity contribution in [1.29, 1.82) is 0 Å². The summed E-state index contributed by atoms with van der Waals surface area (Å²) in [4.78, 5) is 39.6. The highest BCUT2D eigenvalue weighted by atomic mass is 32.7. The van der Waals surface area contributed by atoms with Gasteiger partial charge in [0.2, 0.25) is 6.03 Å². The number of carbonyl (C=O) groups excluding carboxylic acids is 3. The number of carbonyl (C=O) groups is 3. The van der Waals surface area contributed by atoms with E-state index in [1.165, 1.54) is 19.4 Å². The van der Waals surface area contributed by atoms with Crippen molar-refractivity contribution < 1.29 is 38.4 Å². The first-order valence-corrected chi connectivity index (χ1v) is 11.1. The summed E-state index contributed by atoms with van der Waals surface area (Å²) in [5.41, 5.74) is -0.168. The number of thiol groups is 1. The number of pyridine rings is 1. The molecule has 0 fully saturated rings. The maximum absolute atomic E-state index is 12.4. The van der Waals surface area contributed by atoms with E-state index >= 15 is 0 Å². The number of rotatable bonds is 12. The third kappa shape index (κ3) is 8.84. The lowest BCUT2D eigenvalue weighted by Crippen LogP contribution is -2.33. The maximum atomic E-state index is 12.4. The van der Waals surface area contributed by atoms with Gasteiger partial charge in [0, 0.05) is 26.5 Å². The van der Waals surface area contributed by atoms with E-state index in [1.807, 2.05) is 0 Å². The Bertz CT molecular complexity index is 706. The van der Waals surface area contributed by atoms with Crippen LogP contribution >= 0.6 is 20.0 Å². The molecule has 0 saturated carbocycles. The van der Waals surface area contributed by atoms with E-state index in [0.717, 1.165) is 0 Å². The third-order valence-corrected chi connectivity index (χ3v) is 4.43. The fourth-order valence-electron chi connectivity index (χ4n) is 2.12. The smallest absolute Gasteiger partial charge is 0.325 e. The van der Waals surface area contributed by atoms with E-state index in [9.17, 15) is 19.5 Å². The second-order valence-electron chi connectivity index (χ2n) is 5.62. The summed E-state index contributed by atoms with van der Waals surface area (Å²) < 4.78 is 20.3. The number of esters is 2. The van der Waals surface area contributed by atoms with Gasteiger partial charge in [-0.2, -0.15) is 0 Å². The molecule has 10 nitrogen and oxygen atoms in total. The van der Waals surface area contributed by atoms with E-state index in [4.69, 9.17) is 18.9 Å². The number of amides is 1. The van der Waals surface area contributed by atoms with Gasteiger partial charge in [0.25, 0.3) is 5.91 Å². The number of hydrogen-bond donors (Lipinski definition) is 3. The molecule has 3 unspecified atom stereocenters. The molecular formula is C17H25N2O8PS. The molecule has 0 bridgehead atoms. The predicted molar refractivity (Wildman–Crippen MR) is 108 cm³/mol. The molecule has 1 aromatic heterocycles. The lowest BCUT2D eigenvalue weighted by molar-refractivity contribution is -0.150. The van der Waals surface area contributed by atoms with Crippen LogP contribution in [0.15, 0.2) is 12.3 Å². The number of aromatic nitrogens is 1. The molecule has 1 amide bonds. The summed E-state index contributed by atoms with van der Waals surface area (Å²) in [7, 11) is 1.11.